The van der Waals surface area contributed by atoms with Crippen molar-refractivity contribution in [2.75, 3.05) is 13.7 Å². The Morgan fingerprint density at radius 1 is 1.17 bits per heavy atom. The topological polar surface area (TPSA) is 74.2 Å². The molecule has 1 aliphatic carbocycles. The van der Waals surface area contributed by atoms with E-state index < -0.39 is 11.2 Å². The van der Waals surface area contributed by atoms with Crippen LogP contribution in [0.25, 0.3) is 0 Å². The predicted octanol–water partition coefficient (Wildman–Crippen LogP) is 4.77. The molecular weight excluding hydrogens is 462 g/mol. The maximum Gasteiger partial charge on any atom is 0.331 e. The average Bonchev–Trinajstić information content (AvgIpc) is 3.42. The summed E-state index contributed by atoms with van der Waals surface area (Å²) < 4.78 is 37.2. The molecule has 1 aliphatic heterocycles. The number of benzene rings is 2. The molecule has 2 aromatic carbocycles. The van der Waals surface area contributed by atoms with Crippen LogP contribution in [0.3, 0.4) is 0 Å². The summed E-state index contributed by atoms with van der Waals surface area (Å²) in [6.07, 6.45) is 1.40. The van der Waals surface area contributed by atoms with Crippen LogP contribution in [0.4, 0.5) is 4.39 Å². The van der Waals surface area contributed by atoms with E-state index in [1.165, 1.54) is 26.7 Å². The Bertz CT molecular complexity index is 1080. The minimum absolute atomic E-state index is 0.0379. The quantitative estimate of drug-likeness (QED) is 0.417. The van der Waals surface area contributed by atoms with Crippen LogP contribution in [0, 0.1) is 5.82 Å². The highest BCUT2D eigenvalue weighted by atomic mass is 19.1. The number of carbonyl (C=O) groups excluding carboxylic acids is 1. The normalized spacial score (nSPS) is 18.4. The Labute approximate surface area is 214 Å². The van der Waals surface area contributed by atoms with E-state index in [4.69, 9.17) is 18.9 Å². The summed E-state index contributed by atoms with van der Waals surface area (Å²) in [4.78, 5) is 11.6. The minimum Gasteiger partial charge on any atom is -0.492 e. The number of halogens is 1. The van der Waals surface area contributed by atoms with Crippen molar-refractivity contribution in [1.29, 1.82) is 0 Å². The number of rotatable bonds is 8. The van der Waals surface area contributed by atoms with Gasteiger partial charge in [-0.1, -0.05) is 19.9 Å². The third-order valence-electron chi connectivity index (χ3n) is 7.02. The molecule has 0 unspecified atom stereocenters. The number of carbonyl (C=O) groups is 1. The zero-order chi connectivity index (χ0) is 26.7. The highest BCUT2D eigenvalue weighted by Gasteiger charge is 2.37. The van der Waals surface area contributed by atoms with Gasteiger partial charge in [0.05, 0.1) is 31.3 Å². The van der Waals surface area contributed by atoms with Gasteiger partial charge in [0.25, 0.3) is 0 Å². The van der Waals surface area contributed by atoms with Gasteiger partial charge in [-0.3, -0.25) is 4.79 Å². The molecule has 36 heavy (non-hydrogen) atoms. The summed E-state index contributed by atoms with van der Waals surface area (Å²) in [6, 6.07) is 8.57. The molecular formula is C28H37BFO6. The van der Waals surface area contributed by atoms with Crippen LogP contribution in [0.15, 0.2) is 30.3 Å². The lowest BCUT2D eigenvalue weighted by molar-refractivity contribution is -0.141. The van der Waals surface area contributed by atoms with Gasteiger partial charge in [0.15, 0.2) is 0 Å². The van der Waals surface area contributed by atoms with Crippen molar-refractivity contribution in [3.8, 4) is 11.5 Å². The van der Waals surface area contributed by atoms with E-state index in [0.29, 0.717) is 30.0 Å². The van der Waals surface area contributed by atoms with Crippen LogP contribution in [-0.4, -0.2) is 43.5 Å². The molecule has 0 amide bonds. The highest BCUT2D eigenvalue weighted by Crippen LogP contribution is 2.41. The summed E-state index contributed by atoms with van der Waals surface area (Å²) in [5.41, 5.74) is 1.46. The Morgan fingerprint density at radius 2 is 1.89 bits per heavy atom. The first-order valence-electron chi connectivity index (χ1n) is 12.5. The lowest BCUT2D eigenvalue weighted by Crippen LogP contribution is -2.49. The van der Waals surface area contributed by atoms with E-state index in [1.807, 2.05) is 32.0 Å². The fourth-order valence-electron chi connectivity index (χ4n) is 4.22. The maximum atomic E-state index is 14.5. The molecule has 0 spiro atoms. The third-order valence-corrected chi connectivity index (χ3v) is 7.02. The second-order valence-electron chi connectivity index (χ2n) is 10.0. The fourth-order valence-corrected chi connectivity index (χ4v) is 4.22. The highest BCUT2D eigenvalue weighted by molar-refractivity contribution is 6.48. The van der Waals surface area contributed by atoms with Crippen molar-refractivity contribution in [3.63, 3.8) is 0 Å². The van der Waals surface area contributed by atoms with Crippen molar-refractivity contribution >= 4 is 18.9 Å². The molecule has 1 radical (unpaired) electrons. The molecule has 1 heterocycles. The van der Waals surface area contributed by atoms with Crippen LogP contribution in [0.1, 0.15) is 83.1 Å². The number of hydrogen-bond donors (Lipinski definition) is 1. The van der Waals surface area contributed by atoms with Gasteiger partial charge in [0.1, 0.15) is 23.4 Å². The molecule has 0 bridgehead atoms. The Hall–Kier alpha value is -2.58. The van der Waals surface area contributed by atoms with Crippen LogP contribution in [0.2, 0.25) is 0 Å². The fraction of sp³-hybridized carbons (Fsp3) is 0.536. The van der Waals surface area contributed by atoms with Crippen LogP contribution < -0.4 is 14.9 Å². The first kappa shape index (κ1) is 28.0. The zero-order valence-electron chi connectivity index (χ0n) is 22.3. The SMILES string of the molecule is CC.COC(=O)C[C@@H]1COc2cc(O[C@@H]3CCc4c([B]OC(C)(C)C(C)(C)O)cc(F)cc43)ccc21. The average molecular weight is 499 g/mol. The first-order chi connectivity index (χ1) is 17.0. The molecule has 1 N–H and O–H groups in total. The summed E-state index contributed by atoms with van der Waals surface area (Å²) in [5.74, 6) is 0.649. The van der Waals surface area contributed by atoms with Gasteiger partial charge in [-0.15, -0.1) is 0 Å². The molecule has 0 saturated carbocycles. The number of esters is 1. The number of methoxy groups -OCH3 is 1. The molecule has 6 nitrogen and oxygen atoms in total. The summed E-state index contributed by atoms with van der Waals surface area (Å²) >= 11 is 0. The zero-order valence-corrected chi connectivity index (χ0v) is 22.3. The van der Waals surface area contributed by atoms with Gasteiger partial charge >= 0.3 is 13.5 Å². The van der Waals surface area contributed by atoms with Crippen LogP contribution in [-0.2, 0) is 20.6 Å². The Morgan fingerprint density at radius 3 is 2.56 bits per heavy atom. The predicted molar refractivity (Wildman–Crippen MR) is 138 cm³/mol. The smallest absolute Gasteiger partial charge is 0.331 e. The largest absolute Gasteiger partial charge is 0.492 e. The lowest BCUT2D eigenvalue weighted by Gasteiger charge is -2.37. The minimum atomic E-state index is -1.07. The standard InChI is InChI=1S/C26H31BFO6.C2H6/c1-25(2,30)26(3,4)34-27-21-12-16(28)11-20-19(21)8-9-22(20)33-17-6-7-18-15(10-24(29)31-5)14-32-23(18)13-17;1-2/h6-7,11-13,15,22,30H,8-10,14H2,1-5H3;1-2H3/t15-,22-;/m1./s1. The van der Waals surface area contributed by atoms with E-state index >= 15 is 0 Å². The number of fused-ring (bicyclic) bond motifs is 2. The van der Waals surface area contributed by atoms with Crippen molar-refractivity contribution in [2.24, 2.45) is 0 Å². The second-order valence-corrected chi connectivity index (χ2v) is 10.0. The van der Waals surface area contributed by atoms with Crippen molar-refractivity contribution in [1.82, 2.24) is 0 Å². The summed E-state index contributed by atoms with van der Waals surface area (Å²) in [5, 5.41) is 10.3. The van der Waals surface area contributed by atoms with E-state index in [1.54, 1.807) is 27.7 Å². The van der Waals surface area contributed by atoms with E-state index in [9.17, 15) is 14.3 Å². The Kier molecular flexibility index (Phi) is 8.73. The second kappa shape index (κ2) is 11.2. The summed E-state index contributed by atoms with van der Waals surface area (Å²) in [7, 11) is 2.91. The van der Waals surface area contributed by atoms with E-state index in [-0.39, 0.29) is 30.2 Å². The number of aliphatic hydroxyl groups is 1. The Balaban J connectivity index is 0.00000176. The van der Waals surface area contributed by atoms with E-state index in [0.717, 1.165) is 23.1 Å². The molecule has 2 atom stereocenters. The number of hydrogen-bond acceptors (Lipinski definition) is 6. The van der Waals surface area contributed by atoms with Crippen molar-refractivity contribution in [3.05, 3.63) is 52.8 Å². The lowest BCUT2D eigenvalue weighted by atomic mass is 9.79. The van der Waals surface area contributed by atoms with Gasteiger partial charge in [0, 0.05) is 17.5 Å². The van der Waals surface area contributed by atoms with Crippen molar-refractivity contribution in [2.45, 2.75) is 84.0 Å². The molecule has 4 rings (SSSR count). The van der Waals surface area contributed by atoms with Crippen LogP contribution >= 0.6 is 0 Å². The van der Waals surface area contributed by atoms with Gasteiger partial charge in [0.2, 0.25) is 0 Å². The monoisotopic (exact) mass is 499 g/mol. The third kappa shape index (κ3) is 6.04. The maximum absolute atomic E-state index is 14.5. The molecule has 0 fully saturated rings. The molecule has 0 saturated heterocycles. The van der Waals surface area contributed by atoms with Crippen molar-refractivity contribution < 1.29 is 33.2 Å². The van der Waals surface area contributed by atoms with Crippen LogP contribution in [0.5, 0.6) is 11.5 Å². The van der Waals surface area contributed by atoms with E-state index in [2.05, 4.69) is 0 Å². The van der Waals surface area contributed by atoms with Gasteiger partial charge in [-0.05, 0) is 75.3 Å². The summed E-state index contributed by atoms with van der Waals surface area (Å²) in [6.45, 7) is 11.4. The van der Waals surface area contributed by atoms with Gasteiger partial charge in [-0.2, -0.15) is 0 Å². The molecule has 2 aromatic rings. The molecule has 195 valence electrons. The molecule has 0 aromatic heterocycles. The first-order valence-corrected chi connectivity index (χ1v) is 12.5. The number of ether oxygens (including phenoxy) is 3. The molecule has 8 heteroatoms. The molecule has 2 aliphatic rings. The van der Waals surface area contributed by atoms with Gasteiger partial charge in [-0.25, -0.2) is 4.39 Å². The van der Waals surface area contributed by atoms with Gasteiger partial charge < -0.3 is 24.0 Å².